The van der Waals surface area contributed by atoms with Gasteiger partial charge in [0.25, 0.3) is 5.91 Å². The topological polar surface area (TPSA) is 99.3 Å². The van der Waals surface area contributed by atoms with Crippen LogP contribution in [0.15, 0.2) is 0 Å². The quantitative estimate of drug-likeness (QED) is 0.609. The monoisotopic (exact) mass is 322 g/mol. The minimum Gasteiger partial charge on any atom is -0.481 e. The van der Waals surface area contributed by atoms with E-state index in [9.17, 15) is 14.4 Å². The molecule has 3 N–H and O–H groups in total. The first-order valence-corrected chi connectivity index (χ1v) is 8.06. The van der Waals surface area contributed by atoms with E-state index in [1.807, 2.05) is 13.8 Å². The predicted octanol–water partition coefficient (Wildman–Crippen LogP) is 2.71. The average Bonchev–Trinajstić information content (AvgIpc) is 2.80. The van der Waals surface area contributed by atoms with Crippen LogP contribution in [-0.2, 0) is 11.2 Å². The van der Waals surface area contributed by atoms with Gasteiger partial charge in [-0.1, -0.05) is 26.7 Å². The molecule has 1 aromatic rings. The molecule has 0 saturated carbocycles. The number of carboxylic acid groups (broad SMARTS) is 1. The van der Waals surface area contributed by atoms with E-state index in [2.05, 4.69) is 10.3 Å². The second-order valence-electron chi connectivity index (χ2n) is 5.82. The first-order chi connectivity index (χ1) is 10.8. The molecule has 0 aromatic carbocycles. The van der Waals surface area contributed by atoms with Crippen molar-refractivity contribution in [2.75, 3.05) is 6.54 Å². The Balaban J connectivity index is 2.97. The molecule has 0 aliphatic heterocycles. The molecular weight excluding hydrogens is 296 g/mol. The summed E-state index contributed by atoms with van der Waals surface area (Å²) in [5.41, 5.74) is 2.34. The van der Waals surface area contributed by atoms with Crippen LogP contribution < -0.4 is 5.32 Å². The molecule has 0 saturated heterocycles. The van der Waals surface area contributed by atoms with E-state index in [0.717, 1.165) is 18.4 Å². The van der Waals surface area contributed by atoms with Crippen LogP contribution in [0.4, 0.5) is 0 Å². The minimum atomic E-state index is -0.909. The largest absolute Gasteiger partial charge is 0.481 e. The first-order valence-electron chi connectivity index (χ1n) is 8.06. The van der Waals surface area contributed by atoms with Gasteiger partial charge in [0, 0.05) is 17.8 Å². The number of carbonyl (C=O) groups is 3. The van der Waals surface area contributed by atoms with Crippen LogP contribution in [0.25, 0.3) is 0 Å². The highest BCUT2D eigenvalue weighted by atomic mass is 16.4. The van der Waals surface area contributed by atoms with E-state index in [1.165, 1.54) is 6.92 Å². The number of aliphatic carboxylic acids is 1. The zero-order valence-electron chi connectivity index (χ0n) is 14.3. The number of amides is 1. The van der Waals surface area contributed by atoms with Gasteiger partial charge >= 0.3 is 5.97 Å². The Bertz CT molecular complexity index is 590. The maximum absolute atomic E-state index is 12.4. The lowest BCUT2D eigenvalue weighted by Crippen LogP contribution is -2.33. The number of carboxylic acids is 1. The highest BCUT2D eigenvalue weighted by molar-refractivity contribution is 6.02. The van der Waals surface area contributed by atoms with Crippen LogP contribution in [-0.4, -0.2) is 34.3 Å². The molecular formula is C17H26N2O4. The number of nitrogens with one attached hydrogen (secondary N) is 2. The molecule has 0 radical (unpaired) electrons. The summed E-state index contributed by atoms with van der Waals surface area (Å²) in [7, 11) is 0. The van der Waals surface area contributed by atoms with E-state index in [4.69, 9.17) is 5.11 Å². The van der Waals surface area contributed by atoms with Crippen molar-refractivity contribution in [2.45, 2.75) is 53.4 Å². The van der Waals surface area contributed by atoms with Crippen molar-refractivity contribution in [1.82, 2.24) is 10.3 Å². The molecule has 1 atom stereocenters. The standard InChI is InChI=1S/C17H26N2O4/c1-5-7-12(17(22)23)9-18-16(21)15-13(8-6-2)14(11(4)20)10(3)19-15/h12,19H,5-9H2,1-4H3,(H,18,21)(H,22,23). The molecule has 0 spiro atoms. The maximum Gasteiger partial charge on any atom is 0.308 e. The summed E-state index contributed by atoms with van der Waals surface area (Å²) >= 11 is 0. The third-order valence-corrected chi connectivity index (χ3v) is 3.87. The lowest BCUT2D eigenvalue weighted by Gasteiger charge is -2.12. The molecule has 0 aliphatic rings. The molecule has 1 amide bonds. The Morgan fingerprint density at radius 3 is 2.35 bits per heavy atom. The zero-order valence-corrected chi connectivity index (χ0v) is 14.3. The van der Waals surface area contributed by atoms with Crippen LogP contribution >= 0.6 is 0 Å². The number of aromatic amines is 1. The van der Waals surface area contributed by atoms with Crippen molar-refractivity contribution >= 4 is 17.7 Å². The fourth-order valence-corrected chi connectivity index (χ4v) is 2.81. The van der Waals surface area contributed by atoms with E-state index >= 15 is 0 Å². The molecule has 1 heterocycles. The molecule has 0 bridgehead atoms. The minimum absolute atomic E-state index is 0.0735. The SMILES string of the molecule is CCCc1c(C(=O)NCC(CCC)C(=O)O)[nH]c(C)c1C(C)=O. The maximum atomic E-state index is 12.4. The average molecular weight is 322 g/mol. The molecule has 1 rings (SSSR count). The number of aryl methyl sites for hydroxylation is 1. The summed E-state index contributed by atoms with van der Waals surface area (Å²) in [4.78, 5) is 38.4. The summed E-state index contributed by atoms with van der Waals surface area (Å²) in [5, 5.41) is 11.8. The van der Waals surface area contributed by atoms with Gasteiger partial charge in [0.2, 0.25) is 0 Å². The fraction of sp³-hybridized carbons (Fsp3) is 0.588. The molecule has 6 heteroatoms. The second kappa shape index (κ2) is 8.50. The number of hydrogen-bond acceptors (Lipinski definition) is 3. The van der Waals surface area contributed by atoms with Crippen molar-refractivity contribution in [3.63, 3.8) is 0 Å². The Hall–Kier alpha value is -2.11. The van der Waals surface area contributed by atoms with Crippen LogP contribution in [0.3, 0.4) is 0 Å². The van der Waals surface area contributed by atoms with Gasteiger partial charge in [0.15, 0.2) is 5.78 Å². The van der Waals surface area contributed by atoms with E-state index in [0.29, 0.717) is 29.8 Å². The van der Waals surface area contributed by atoms with Crippen LogP contribution in [0.5, 0.6) is 0 Å². The van der Waals surface area contributed by atoms with E-state index < -0.39 is 11.9 Å². The summed E-state index contributed by atoms with van der Waals surface area (Å²) in [5.74, 6) is -1.93. The lowest BCUT2D eigenvalue weighted by molar-refractivity contribution is -0.141. The number of hydrogen-bond donors (Lipinski definition) is 3. The molecule has 23 heavy (non-hydrogen) atoms. The molecule has 1 aromatic heterocycles. The van der Waals surface area contributed by atoms with Crippen molar-refractivity contribution in [2.24, 2.45) is 5.92 Å². The summed E-state index contributed by atoms with van der Waals surface area (Å²) < 4.78 is 0. The van der Waals surface area contributed by atoms with E-state index in [-0.39, 0.29) is 18.2 Å². The number of ketones is 1. The smallest absolute Gasteiger partial charge is 0.308 e. The first kappa shape index (κ1) is 18.9. The molecule has 1 unspecified atom stereocenters. The molecule has 0 aliphatic carbocycles. The Morgan fingerprint density at radius 1 is 1.22 bits per heavy atom. The van der Waals surface area contributed by atoms with Crippen molar-refractivity contribution < 1.29 is 19.5 Å². The summed E-state index contributed by atoms with van der Waals surface area (Å²) in [6, 6.07) is 0. The summed E-state index contributed by atoms with van der Waals surface area (Å²) in [6.45, 7) is 7.23. The Kier molecular flexibility index (Phi) is 7.00. The lowest BCUT2D eigenvalue weighted by atomic mass is 10.0. The third-order valence-electron chi connectivity index (χ3n) is 3.87. The number of H-pyrrole nitrogens is 1. The molecule has 6 nitrogen and oxygen atoms in total. The highest BCUT2D eigenvalue weighted by Gasteiger charge is 2.23. The van der Waals surface area contributed by atoms with Gasteiger partial charge in [0.05, 0.1) is 5.92 Å². The Morgan fingerprint density at radius 2 is 1.87 bits per heavy atom. The summed E-state index contributed by atoms with van der Waals surface area (Å²) in [6.07, 6.45) is 2.69. The van der Waals surface area contributed by atoms with Gasteiger partial charge in [-0.25, -0.2) is 0 Å². The molecule has 0 fully saturated rings. The van der Waals surface area contributed by atoms with Crippen molar-refractivity contribution in [3.8, 4) is 0 Å². The van der Waals surface area contributed by atoms with Gasteiger partial charge in [-0.15, -0.1) is 0 Å². The third kappa shape index (κ3) is 4.68. The van der Waals surface area contributed by atoms with Gasteiger partial charge in [-0.05, 0) is 32.3 Å². The highest BCUT2D eigenvalue weighted by Crippen LogP contribution is 2.21. The number of rotatable bonds is 9. The van der Waals surface area contributed by atoms with Crippen LogP contribution in [0.1, 0.15) is 72.1 Å². The zero-order chi connectivity index (χ0) is 17.6. The van der Waals surface area contributed by atoms with Gasteiger partial charge in [0.1, 0.15) is 5.69 Å². The van der Waals surface area contributed by atoms with Gasteiger partial charge in [-0.3, -0.25) is 14.4 Å². The van der Waals surface area contributed by atoms with Crippen LogP contribution in [0.2, 0.25) is 0 Å². The fourth-order valence-electron chi connectivity index (χ4n) is 2.81. The van der Waals surface area contributed by atoms with Gasteiger partial charge in [-0.2, -0.15) is 0 Å². The predicted molar refractivity (Wildman–Crippen MR) is 87.9 cm³/mol. The van der Waals surface area contributed by atoms with Crippen molar-refractivity contribution in [3.05, 3.63) is 22.5 Å². The van der Waals surface area contributed by atoms with Gasteiger partial charge < -0.3 is 15.4 Å². The number of aromatic nitrogens is 1. The van der Waals surface area contributed by atoms with E-state index in [1.54, 1.807) is 6.92 Å². The van der Waals surface area contributed by atoms with Crippen LogP contribution in [0, 0.1) is 12.8 Å². The second-order valence-corrected chi connectivity index (χ2v) is 5.82. The number of Topliss-reactive ketones (excluding diaryl/α,β-unsaturated/α-hetero) is 1. The Labute approximate surface area is 136 Å². The normalized spacial score (nSPS) is 12.0. The molecule has 128 valence electrons. The van der Waals surface area contributed by atoms with Crippen molar-refractivity contribution in [1.29, 1.82) is 0 Å². The number of carbonyl (C=O) groups excluding carboxylic acids is 2.